The highest BCUT2D eigenvalue weighted by molar-refractivity contribution is 7.91. The van der Waals surface area contributed by atoms with Crippen LogP contribution in [0.4, 0.5) is 5.69 Å². The third-order valence-corrected chi connectivity index (χ3v) is 6.14. The molecule has 0 aromatic heterocycles. The first-order valence-corrected chi connectivity index (χ1v) is 10.5. The molecule has 5 nitrogen and oxygen atoms in total. The molecule has 0 fully saturated rings. The zero-order valence-corrected chi connectivity index (χ0v) is 16.2. The second-order valence-electron chi connectivity index (χ2n) is 6.31. The van der Waals surface area contributed by atoms with Gasteiger partial charge in [-0.3, -0.25) is 4.99 Å². The molecule has 0 bridgehead atoms. The van der Waals surface area contributed by atoms with Crippen LogP contribution >= 0.6 is 0 Å². The van der Waals surface area contributed by atoms with Crippen molar-refractivity contribution in [3.8, 4) is 0 Å². The van der Waals surface area contributed by atoms with E-state index in [4.69, 9.17) is 5.73 Å². The predicted octanol–water partition coefficient (Wildman–Crippen LogP) is 3.79. The Morgan fingerprint density at radius 2 is 1.77 bits per heavy atom. The van der Waals surface area contributed by atoms with Gasteiger partial charge in [-0.2, -0.15) is 0 Å². The average molecular weight is 374 g/mol. The SMILES string of the molecule is CCC(C)c1ccc(NC(N)=NCCCS(=O)(=O)c2ccccc2)cc1. The van der Waals surface area contributed by atoms with E-state index in [0.717, 1.165) is 12.1 Å². The van der Waals surface area contributed by atoms with Gasteiger partial charge in [-0.1, -0.05) is 44.2 Å². The van der Waals surface area contributed by atoms with Crippen LogP contribution in [0.15, 0.2) is 64.5 Å². The summed E-state index contributed by atoms with van der Waals surface area (Å²) >= 11 is 0. The number of rotatable bonds is 8. The number of hydrogen-bond donors (Lipinski definition) is 2. The maximum atomic E-state index is 12.2. The molecule has 2 aromatic carbocycles. The minimum atomic E-state index is -3.26. The molecular formula is C20H27N3O2S. The molecule has 0 aliphatic heterocycles. The Bertz CT molecular complexity index is 816. The number of nitrogens with one attached hydrogen (secondary N) is 1. The Labute approximate surface area is 156 Å². The lowest BCUT2D eigenvalue weighted by Crippen LogP contribution is -2.23. The fraction of sp³-hybridized carbons (Fsp3) is 0.350. The van der Waals surface area contributed by atoms with E-state index in [0.29, 0.717) is 29.7 Å². The van der Waals surface area contributed by atoms with Crippen LogP contribution in [0, 0.1) is 0 Å². The van der Waals surface area contributed by atoms with Gasteiger partial charge in [0.25, 0.3) is 0 Å². The highest BCUT2D eigenvalue weighted by Gasteiger charge is 2.12. The third kappa shape index (κ3) is 5.88. The van der Waals surface area contributed by atoms with E-state index >= 15 is 0 Å². The fourth-order valence-corrected chi connectivity index (χ4v) is 3.83. The smallest absolute Gasteiger partial charge is 0.193 e. The molecule has 26 heavy (non-hydrogen) atoms. The second-order valence-corrected chi connectivity index (χ2v) is 8.42. The Morgan fingerprint density at radius 1 is 1.12 bits per heavy atom. The molecule has 0 aliphatic carbocycles. The maximum Gasteiger partial charge on any atom is 0.193 e. The quantitative estimate of drug-likeness (QED) is 0.419. The molecule has 140 valence electrons. The topological polar surface area (TPSA) is 84.5 Å². The lowest BCUT2D eigenvalue weighted by Gasteiger charge is -2.10. The number of sulfone groups is 1. The molecule has 0 heterocycles. The van der Waals surface area contributed by atoms with E-state index in [1.54, 1.807) is 30.3 Å². The van der Waals surface area contributed by atoms with Gasteiger partial charge in [-0.15, -0.1) is 0 Å². The van der Waals surface area contributed by atoms with Gasteiger partial charge in [-0.05, 0) is 48.6 Å². The summed E-state index contributed by atoms with van der Waals surface area (Å²) in [6.07, 6.45) is 1.52. The van der Waals surface area contributed by atoms with Crippen molar-refractivity contribution in [3.63, 3.8) is 0 Å². The number of anilines is 1. The third-order valence-electron chi connectivity index (χ3n) is 4.32. The van der Waals surface area contributed by atoms with Crippen molar-refractivity contribution in [2.45, 2.75) is 37.5 Å². The molecule has 0 saturated heterocycles. The van der Waals surface area contributed by atoms with Gasteiger partial charge in [0, 0.05) is 12.2 Å². The summed E-state index contributed by atoms with van der Waals surface area (Å²) in [5, 5.41) is 3.03. The summed E-state index contributed by atoms with van der Waals surface area (Å²) in [5.41, 5.74) is 8.04. The Morgan fingerprint density at radius 3 is 2.38 bits per heavy atom. The van der Waals surface area contributed by atoms with E-state index in [2.05, 4.69) is 36.3 Å². The van der Waals surface area contributed by atoms with Gasteiger partial charge >= 0.3 is 0 Å². The maximum absolute atomic E-state index is 12.2. The van der Waals surface area contributed by atoms with Crippen molar-refractivity contribution >= 4 is 21.5 Å². The summed E-state index contributed by atoms with van der Waals surface area (Å²) in [5.74, 6) is 0.872. The van der Waals surface area contributed by atoms with Gasteiger partial charge < -0.3 is 11.1 Å². The summed E-state index contributed by atoms with van der Waals surface area (Å²) < 4.78 is 24.4. The molecular weight excluding hydrogens is 346 g/mol. The van der Waals surface area contributed by atoms with Crippen molar-refractivity contribution in [2.24, 2.45) is 10.7 Å². The predicted molar refractivity (Wildman–Crippen MR) is 108 cm³/mol. The number of guanidine groups is 1. The minimum absolute atomic E-state index is 0.0530. The van der Waals surface area contributed by atoms with Crippen LogP contribution in [0.5, 0.6) is 0 Å². The second kappa shape index (κ2) is 9.38. The molecule has 2 rings (SSSR count). The number of hydrogen-bond acceptors (Lipinski definition) is 3. The highest BCUT2D eigenvalue weighted by Crippen LogP contribution is 2.20. The van der Waals surface area contributed by atoms with Crippen LogP contribution in [0.3, 0.4) is 0 Å². The van der Waals surface area contributed by atoms with Gasteiger partial charge in [0.2, 0.25) is 0 Å². The van der Waals surface area contributed by atoms with Crippen LogP contribution < -0.4 is 11.1 Å². The van der Waals surface area contributed by atoms with Crippen LogP contribution in [0.25, 0.3) is 0 Å². The zero-order valence-electron chi connectivity index (χ0n) is 15.4. The molecule has 3 N–H and O–H groups in total. The number of benzene rings is 2. The summed E-state index contributed by atoms with van der Waals surface area (Å²) in [4.78, 5) is 4.55. The summed E-state index contributed by atoms with van der Waals surface area (Å²) in [6, 6.07) is 16.6. The Kier molecular flexibility index (Phi) is 7.21. The molecule has 2 aromatic rings. The molecule has 1 unspecified atom stereocenters. The standard InChI is InChI=1S/C20H27N3O2S/c1-3-16(2)17-10-12-18(13-11-17)23-20(21)22-14-7-15-26(24,25)19-8-5-4-6-9-19/h4-6,8-13,16H,3,7,14-15H2,1-2H3,(H3,21,22,23). The lowest BCUT2D eigenvalue weighted by atomic mass is 9.99. The summed E-state index contributed by atoms with van der Waals surface area (Å²) in [6.45, 7) is 4.72. The van der Waals surface area contributed by atoms with E-state index in [1.165, 1.54) is 5.56 Å². The first-order chi connectivity index (χ1) is 12.4. The van der Waals surface area contributed by atoms with Crippen LogP contribution in [0.1, 0.15) is 38.2 Å². The Hall–Kier alpha value is -2.34. The highest BCUT2D eigenvalue weighted by atomic mass is 32.2. The fourth-order valence-electron chi connectivity index (χ4n) is 2.52. The van der Waals surface area contributed by atoms with Gasteiger partial charge in [0.15, 0.2) is 15.8 Å². The van der Waals surface area contributed by atoms with E-state index < -0.39 is 9.84 Å². The first kappa shape index (κ1) is 20.0. The molecule has 0 saturated carbocycles. The molecule has 1 atom stereocenters. The van der Waals surface area contributed by atoms with Crippen LogP contribution in [-0.2, 0) is 9.84 Å². The van der Waals surface area contributed by atoms with Gasteiger partial charge in [-0.25, -0.2) is 8.42 Å². The van der Waals surface area contributed by atoms with Gasteiger partial charge in [0.05, 0.1) is 10.6 Å². The largest absolute Gasteiger partial charge is 0.370 e. The number of nitrogens with two attached hydrogens (primary N) is 1. The first-order valence-electron chi connectivity index (χ1n) is 8.87. The zero-order chi connectivity index (χ0) is 19.0. The number of nitrogens with zero attached hydrogens (tertiary/aromatic N) is 1. The monoisotopic (exact) mass is 373 g/mol. The van der Waals surface area contributed by atoms with Crippen molar-refractivity contribution in [3.05, 3.63) is 60.2 Å². The van der Waals surface area contributed by atoms with Crippen molar-refractivity contribution in [1.82, 2.24) is 0 Å². The van der Waals surface area contributed by atoms with E-state index in [1.807, 2.05) is 12.1 Å². The normalized spacial score (nSPS) is 13.4. The number of aliphatic imine (C=N–C) groups is 1. The Balaban J connectivity index is 1.83. The minimum Gasteiger partial charge on any atom is -0.370 e. The summed E-state index contributed by atoms with van der Waals surface area (Å²) in [7, 11) is -3.26. The van der Waals surface area contributed by atoms with Crippen LogP contribution in [-0.4, -0.2) is 26.7 Å². The van der Waals surface area contributed by atoms with E-state index in [9.17, 15) is 8.42 Å². The molecule has 0 radical (unpaired) electrons. The van der Waals surface area contributed by atoms with Crippen molar-refractivity contribution < 1.29 is 8.42 Å². The molecule has 0 amide bonds. The van der Waals surface area contributed by atoms with Crippen molar-refractivity contribution in [2.75, 3.05) is 17.6 Å². The molecule has 0 aliphatic rings. The van der Waals surface area contributed by atoms with E-state index in [-0.39, 0.29) is 5.75 Å². The average Bonchev–Trinajstić information content (AvgIpc) is 2.66. The van der Waals surface area contributed by atoms with Gasteiger partial charge in [0.1, 0.15) is 0 Å². The lowest BCUT2D eigenvalue weighted by molar-refractivity contribution is 0.593. The molecule has 6 heteroatoms. The molecule has 0 spiro atoms. The van der Waals surface area contributed by atoms with Crippen LogP contribution in [0.2, 0.25) is 0 Å². The van der Waals surface area contributed by atoms with Crippen molar-refractivity contribution in [1.29, 1.82) is 0 Å².